The van der Waals surface area contributed by atoms with Crippen LogP contribution in [-0.2, 0) is 65.4 Å². The topological polar surface area (TPSA) is 237 Å². The van der Waals surface area contributed by atoms with Gasteiger partial charge in [0.25, 0.3) is 0 Å². The molecule has 7 atom stereocenters. The van der Waals surface area contributed by atoms with Crippen LogP contribution in [-0.4, -0.2) is 96.7 Å². The van der Waals surface area contributed by atoms with Gasteiger partial charge in [-0.1, -0.05) is 221 Å². The van der Waals surface area contributed by atoms with Crippen LogP contribution in [0.2, 0.25) is 0 Å². The van der Waals surface area contributed by atoms with Crippen LogP contribution in [0.15, 0.2) is 0 Å². The molecule has 0 aliphatic heterocycles. The molecule has 0 radical (unpaired) electrons. The first-order valence-corrected chi connectivity index (χ1v) is 33.1. The van der Waals surface area contributed by atoms with Gasteiger partial charge in [-0.05, 0) is 37.5 Å². The SMILES string of the molecule is CCCCCCCCCC(=O)OC[C@H](COP(=O)(O)OC[C@H](O)COP(=O)(O)OC[C@@H](COC(=O)CCCCCCCCC(C)CC)OC(=O)CCCCCCCCCCC(C)CC)OC(=O)CCCCCCCCC. The number of aliphatic hydroxyl groups excluding tert-OH is 1. The summed E-state index contributed by atoms with van der Waals surface area (Å²) in [7, 11) is -9.86. The van der Waals surface area contributed by atoms with Crippen molar-refractivity contribution in [2.75, 3.05) is 39.6 Å². The van der Waals surface area contributed by atoms with Gasteiger partial charge >= 0.3 is 39.5 Å². The van der Waals surface area contributed by atoms with Crippen molar-refractivity contribution in [1.29, 1.82) is 0 Å². The van der Waals surface area contributed by atoms with E-state index in [-0.39, 0.29) is 25.7 Å². The summed E-state index contributed by atoms with van der Waals surface area (Å²) in [5.74, 6) is -0.654. The number of phosphoric ester groups is 2. The van der Waals surface area contributed by atoms with Gasteiger partial charge in [0.15, 0.2) is 12.2 Å². The third-order valence-electron chi connectivity index (χ3n) is 13.7. The molecule has 17 nitrogen and oxygen atoms in total. The van der Waals surface area contributed by atoms with Crippen molar-refractivity contribution in [2.24, 2.45) is 11.8 Å². The molecule has 0 spiro atoms. The Morgan fingerprint density at radius 1 is 0.368 bits per heavy atom. The third kappa shape index (κ3) is 49.1. The molecule has 76 heavy (non-hydrogen) atoms. The Bertz CT molecular complexity index is 1520. The smallest absolute Gasteiger partial charge is 0.462 e. The Hall–Kier alpha value is -1.94. The van der Waals surface area contributed by atoms with Crippen LogP contribution in [0.25, 0.3) is 0 Å². The van der Waals surface area contributed by atoms with Gasteiger partial charge in [0.05, 0.1) is 26.4 Å². The zero-order valence-electron chi connectivity index (χ0n) is 48.5. The van der Waals surface area contributed by atoms with Gasteiger partial charge in [-0.25, -0.2) is 9.13 Å². The summed E-state index contributed by atoms with van der Waals surface area (Å²) in [6.07, 6.45) is 29.6. The van der Waals surface area contributed by atoms with Crippen LogP contribution in [0.5, 0.6) is 0 Å². The average molecular weight is 1130 g/mol. The van der Waals surface area contributed by atoms with Gasteiger partial charge in [0.2, 0.25) is 0 Å². The van der Waals surface area contributed by atoms with Crippen molar-refractivity contribution in [2.45, 2.75) is 291 Å². The van der Waals surface area contributed by atoms with Crippen LogP contribution < -0.4 is 0 Å². The van der Waals surface area contributed by atoms with Crippen molar-refractivity contribution < 1.29 is 80.2 Å². The zero-order valence-corrected chi connectivity index (χ0v) is 50.3. The molecule has 0 aliphatic carbocycles. The van der Waals surface area contributed by atoms with Crippen LogP contribution in [0.3, 0.4) is 0 Å². The largest absolute Gasteiger partial charge is 0.472 e. The molecule has 0 rings (SSSR count). The van der Waals surface area contributed by atoms with Gasteiger partial charge in [-0.3, -0.25) is 37.3 Å². The highest BCUT2D eigenvalue weighted by Crippen LogP contribution is 2.45. The Morgan fingerprint density at radius 2 is 0.632 bits per heavy atom. The second kappa shape index (κ2) is 50.1. The summed E-state index contributed by atoms with van der Waals surface area (Å²) in [4.78, 5) is 71.6. The molecule has 0 heterocycles. The highest BCUT2D eigenvalue weighted by atomic mass is 31.2. The molecular weight excluding hydrogens is 1020 g/mol. The fourth-order valence-electron chi connectivity index (χ4n) is 8.23. The summed E-state index contributed by atoms with van der Waals surface area (Å²) < 4.78 is 67.5. The highest BCUT2D eigenvalue weighted by molar-refractivity contribution is 7.47. The number of esters is 4. The first-order valence-electron chi connectivity index (χ1n) is 30.1. The molecule has 0 aliphatic rings. The van der Waals surface area contributed by atoms with Crippen molar-refractivity contribution in [3.63, 3.8) is 0 Å². The lowest BCUT2D eigenvalue weighted by molar-refractivity contribution is -0.161. The fourth-order valence-corrected chi connectivity index (χ4v) is 9.81. The molecule has 0 fully saturated rings. The maximum Gasteiger partial charge on any atom is 0.472 e. The maximum atomic E-state index is 12.9. The van der Waals surface area contributed by atoms with Crippen LogP contribution in [0.1, 0.15) is 273 Å². The minimum Gasteiger partial charge on any atom is -0.462 e. The monoisotopic (exact) mass is 1130 g/mol. The van der Waals surface area contributed by atoms with Gasteiger partial charge in [-0.2, -0.15) is 0 Å². The number of carbonyl (C=O) groups excluding carboxylic acids is 4. The van der Waals surface area contributed by atoms with E-state index in [2.05, 4.69) is 41.5 Å². The van der Waals surface area contributed by atoms with Gasteiger partial charge < -0.3 is 33.8 Å². The van der Waals surface area contributed by atoms with Crippen LogP contribution >= 0.6 is 15.6 Å². The summed E-state index contributed by atoms with van der Waals surface area (Å²) in [5, 5.41) is 10.5. The molecule has 0 saturated carbocycles. The normalized spacial score (nSPS) is 15.2. The average Bonchev–Trinajstić information content (AvgIpc) is 3.39. The molecule has 450 valence electrons. The summed E-state index contributed by atoms with van der Waals surface area (Å²) in [6.45, 7) is 9.31. The zero-order chi connectivity index (χ0) is 56.6. The number of unbranched alkanes of at least 4 members (excludes halogenated alkanes) is 24. The molecule has 0 amide bonds. The second-order valence-corrected chi connectivity index (χ2v) is 24.1. The van der Waals surface area contributed by atoms with Crippen molar-refractivity contribution in [3.05, 3.63) is 0 Å². The maximum absolute atomic E-state index is 12.9. The van der Waals surface area contributed by atoms with E-state index in [0.717, 1.165) is 134 Å². The van der Waals surface area contributed by atoms with E-state index in [1.165, 1.54) is 57.8 Å². The lowest BCUT2D eigenvalue weighted by atomic mass is 9.99. The number of carbonyl (C=O) groups is 4. The third-order valence-corrected chi connectivity index (χ3v) is 15.6. The summed E-state index contributed by atoms with van der Waals surface area (Å²) in [6, 6.07) is 0. The Labute approximate surface area is 460 Å². The number of hydrogen-bond donors (Lipinski definition) is 3. The van der Waals surface area contributed by atoms with E-state index < -0.39 is 97.5 Å². The molecule has 0 aromatic rings. The molecule has 0 aromatic carbocycles. The minimum atomic E-state index is -4.94. The van der Waals surface area contributed by atoms with E-state index >= 15 is 0 Å². The van der Waals surface area contributed by atoms with E-state index in [4.69, 9.17) is 37.0 Å². The molecule has 19 heteroatoms. The van der Waals surface area contributed by atoms with Gasteiger partial charge in [0, 0.05) is 25.7 Å². The van der Waals surface area contributed by atoms with E-state index in [0.29, 0.717) is 25.7 Å². The summed E-state index contributed by atoms with van der Waals surface area (Å²) >= 11 is 0. The van der Waals surface area contributed by atoms with E-state index in [1.54, 1.807) is 0 Å². The van der Waals surface area contributed by atoms with Crippen molar-refractivity contribution in [3.8, 4) is 0 Å². The molecule has 0 bridgehead atoms. The van der Waals surface area contributed by atoms with Gasteiger partial charge in [-0.15, -0.1) is 0 Å². The molecule has 0 aromatic heterocycles. The lowest BCUT2D eigenvalue weighted by Crippen LogP contribution is -2.30. The van der Waals surface area contributed by atoms with Crippen molar-refractivity contribution >= 4 is 39.5 Å². The number of phosphoric acid groups is 2. The molecule has 4 unspecified atom stereocenters. The predicted molar refractivity (Wildman–Crippen MR) is 298 cm³/mol. The summed E-state index contributed by atoms with van der Waals surface area (Å²) in [5.41, 5.74) is 0. The number of ether oxygens (including phenoxy) is 4. The van der Waals surface area contributed by atoms with Crippen LogP contribution in [0, 0.1) is 11.8 Å². The second-order valence-electron chi connectivity index (χ2n) is 21.2. The Kier molecular flexibility index (Phi) is 48.8. The first-order chi connectivity index (χ1) is 36.4. The minimum absolute atomic E-state index is 0.103. The van der Waals surface area contributed by atoms with E-state index in [1.807, 2.05) is 0 Å². The fraction of sp³-hybridized carbons (Fsp3) is 0.930. The Balaban J connectivity index is 5.22. The lowest BCUT2D eigenvalue weighted by Gasteiger charge is -2.21. The highest BCUT2D eigenvalue weighted by Gasteiger charge is 2.30. The van der Waals surface area contributed by atoms with Gasteiger partial charge in [0.1, 0.15) is 19.3 Å². The predicted octanol–water partition coefficient (Wildman–Crippen LogP) is 14.9. The quantitative estimate of drug-likeness (QED) is 0.0222. The molecule has 3 N–H and O–H groups in total. The number of aliphatic hydroxyl groups is 1. The number of rotatable bonds is 56. The van der Waals surface area contributed by atoms with Crippen LogP contribution in [0.4, 0.5) is 0 Å². The first kappa shape index (κ1) is 74.1. The van der Waals surface area contributed by atoms with Crippen molar-refractivity contribution in [1.82, 2.24) is 0 Å². The standard InChI is InChI=1S/C57H110O17P2/c1-7-11-13-15-19-27-33-39-54(59)67-45-52(73-56(61)41-35-29-20-16-14-12-8-2)47-71-75(63,64)69-43-51(58)44-70-76(65,66)72-48-53(46-68-55(60)40-34-28-24-23-26-32-38-50(6)10-4)74-57(62)42-36-30-22-18-17-21-25-31-37-49(5)9-3/h49-53,58H,7-48H2,1-6H3,(H,63,64)(H,65,66)/t49?,50?,51-,52+,53+/m0/s1. The molecule has 0 saturated heterocycles. The molecular formula is C57H110O17P2. The van der Waals surface area contributed by atoms with E-state index in [9.17, 15) is 43.2 Å². The number of hydrogen-bond acceptors (Lipinski definition) is 15. The Morgan fingerprint density at radius 3 is 0.934 bits per heavy atom.